The van der Waals surface area contributed by atoms with Crippen molar-refractivity contribution in [2.75, 3.05) is 0 Å². The van der Waals surface area contributed by atoms with Crippen LogP contribution in [0.4, 0.5) is 0 Å². The second-order valence-electron chi connectivity index (χ2n) is 6.82. The van der Waals surface area contributed by atoms with Gasteiger partial charge in [-0.05, 0) is 44.4 Å². The number of nitrogens with zero attached hydrogens (tertiary/aromatic N) is 2. The minimum Gasteiger partial charge on any atom is -0.494 e. The zero-order chi connectivity index (χ0) is 20.7. The molecule has 0 aliphatic carbocycles. The van der Waals surface area contributed by atoms with Gasteiger partial charge >= 0.3 is 0 Å². The summed E-state index contributed by atoms with van der Waals surface area (Å²) >= 11 is 7.70. The number of carbonyl (C=O) groups excluding carboxylic acids is 1. The van der Waals surface area contributed by atoms with E-state index in [0.717, 1.165) is 20.2 Å². The Labute approximate surface area is 171 Å². The molecule has 0 radical (unpaired) electrons. The van der Waals surface area contributed by atoms with E-state index in [2.05, 4.69) is 0 Å². The number of hydrogen-bond acceptors (Lipinski definition) is 5. The predicted molar refractivity (Wildman–Crippen MR) is 112 cm³/mol. The topological polar surface area (TPSA) is 83.1 Å². The molecular formula is C21H19ClN2O3S. The molecule has 7 heteroatoms. The van der Waals surface area contributed by atoms with E-state index in [-0.39, 0.29) is 27.6 Å². The first-order valence-corrected chi connectivity index (χ1v) is 10.0. The third-order valence-corrected chi connectivity index (χ3v) is 6.65. The molecule has 0 fully saturated rings. The second-order valence-corrected chi connectivity index (χ2v) is 8.25. The molecule has 0 amide bonds. The smallest absolute Gasteiger partial charge is 0.271 e. The van der Waals surface area contributed by atoms with Crippen LogP contribution in [-0.2, 0) is 0 Å². The molecule has 5 nitrogen and oxygen atoms in total. The molecule has 0 aliphatic heterocycles. The number of carbonyl (C=O) groups is 1. The van der Waals surface area contributed by atoms with Crippen molar-refractivity contribution in [2.45, 2.75) is 40.2 Å². The van der Waals surface area contributed by atoms with E-state index >= 15 is 0 Å². The van der Waals surface area contributed by atoms with E-state index in [0.29, 0.717) is 11.4 Å². The van der Waals surface area contributed by atoms with Gasteiger partial charge in [-0.25, -0.2) is 0 Å². The molecule has 0 spiro atoms. The van der Waals surface area contributed by atoms with Crippen molar-refractivity contribution >= 4 is 38.8 Å². The van der Waals surface area contributed by atoms with Gasteiger partial charge in [0.25, 0.3) is 5.56 Å². The SMILES string of the molecule is CCC(C)n1c(O)c(C(=O)c2sc3cc(C)ccc3c2Cl)c(C)c(C#N)c1=O. The fourth-order valence-corrected chi connectivity index (χ4v) is 4.78. The van der Waals surface area contributed by atoms with Crippen LogP contribution in [0.1, 0.15) is 58.2 Å². The fourth-order valence-electron chi connectivity index (χ4n) is 3.22. The number of benzene rings is 1. The predicted octanol–water partition coefficient (Wildman–Crippen LogP) is 5.11. The molecule has 2 heterocycles. The number of thiophene rings is 1. The number of nitriles is 1. The van der Waals surface area contributed by atoms with E-state index in [1.807, 2.05) is 38.1 Å². The van der Waals surface area contributed by atoms with Crippen molar-refractivity contribution in [1.29, 1.82) is 5.26 Å². The van der Waals surface area contributed by atoms with Crippen molar-refractivity contribution in [3.05, 3.63) is 60.7 Å². The van der Waals surface area contributed by atoms with Crippen LogP contribution < -0.4 is 5.56 Å². The third-order valence-electron chi connectivity index (χ3n) is 5.00. The Balaban J connectivity index is 2.32. The summed E-state index contributed by atoms with van der Waals surface area (Å²) in [4.78, 5) is 26.3. The summed E-state index contributed by atoms with van der Waals surface area (Å²) in [5, 5.41) is 21.3. The lowest BCUT2D eigenvalue weighted by atomic mass is 10.00. The van der Waals surface area contributed by atoms with Gasteiger partial charge < -0.3 is 5.11 Å². The number of pyridine rings is 1. The zero-order valence-electron chi connectivity index (χ0n) is 16.0. The number of rotatable bonds is 4. The van der Waals surface area contributed by atoms with Crippen LogP contribution in [0.5, 0.6) is 5.88 Å². The van der Waals surface area contributed by atoms with Crippen molar-refractivity contribution in [1.82, 2.24) is 4.57 Å². The molecule has 28 heavy (non-hydrogen) atoms. The van der Waals surface area contributed by atoms with Gasteiger partial charge in [-0.1, -0.05) is 30.7 Å². The standard InChI is InChI=1S/C21H19ClN2O3S/c1-5-11(3)24-20(26)14(9-23)12(4)16(21(24)27)18(25)19-17(22)13-7-6-10(2)8-15(13)28-19/h6-8,11,27H,5H2,1-4H3. The molecule has 1 aromatic carbocycles. The van der Waals surface area contributed by atoms with Gasteiger partial charge in [0.15, 0.2) is 0 Å². The summed E-state index contributed by atoms with van der Waals surface area (Å²) in [7, 11) is 0. The summed E-state index contributed by atoms with van der Waals surface area (Å²) in [6.07, 6.45) is 0.554. The molecule has 3 rings (SSSR count). The monoisotopic (exact) mass is 414 g/mol. The first kappa shape index (κ1) is 20.1. The lowest BCUT2D eigenvalue weighted by molar-refractivity contribution is 0.103. The molecular weight excluding hydrogens is 396 g/mol. The van der Waals surface area contributed by atoms with Crippen molar-refractivity contribution in [2.24, 2.45) is 0 Å². The van der Waals surface area contributed by atoms with Crippen molar-refractivity contribution in [3.63, 3.8) is 0 Å². The molecule has 1 unspecified atom stereocenters. The Morgan fingerprint density at radius 2 is 2.07 bits per heavy atom. The van der Waals surface area contributed by atoms with Crippen LogP contribution in [0.2, 0.25) is 5.02 Å². The highest BCUT2D eigenvalue weighted by atomic mass is 35.5. The minimum atomic E-state index is -0.596. The molecule has 2 aromatic heterocycles. The van der Waals surface area contributed by atoms with Gasteiger partial charge in [-0.15, -0.1) is 11.3 Å². The van der Waals surface area contributed by atoms with Gasteiger partial charge in [0, 0.05) is 16.1 Å². The number of aryl methyl sites for hydroxylation is 1. The maximum absolute atomic E-state index is 13.3. The van der Waals surface area contributed by atoms with Crippen molar-refractivity contribution < 1.29 is 9.90 Å². The van der Waals surface area contributed by atoms with Gasteiger partial charge in [0.1, 0.15) is 11.6 Å². The quantitative estimate of drug-likeness (QED) is 0.601. The highest BCUT2D eigenvalue weighted by molar-refractivity contribution is 7.21. The molecule has 3 aromatic rings. The Hall–Kier alpha value is -2.62. The molecule has 0 aliphatic rings. The average molecular weight is 415 g/mol. The zero-order valence-corrected chi connectivity index (χ0v) is 17.5. The van der Waals surface area contributed by atoms with Gasteiger partial charge in [0.2, 0.25) is 11.7 Å². The largest absolute Gasteiger partial charge is 0.494 e. The number of fused-ring (bicyclic) bond motifs is 1. The normalized spacial score (nSPS) is 12.1. The van der Waals surface area contributed by atoms with Gasteiger partial charge in [-0.2, -0.15) is 5.26 Å². The maximum atomic E-state index is 13.3. The van der Waals surface area contributed by atoms with Crippen LogP contribution >= 0.6 is 22.9 Å². The van der Waals surface area contributed by atoms with E-state index < -0.39 is 17.2 Å². The van der Waals surface area contributed by atoms with Crippen molar-refractivity contribution in [3.8, 4) is 11.9 Å². The molecule has 0 saturated heterocycles. The van der Waals surface area contributed by atoms with E-state index in [4.69, 9.17) is 11.6 Å². The van der Waals surface area contributed by atoms with Crippen LogP contribution in [0, 0.1) is 25.2 Å². The second kappa shape index (κ2) is 7.42. The molecule has 144 valence electrons. The summed E-state index contributed by atoms with van der Waals surface area (Å²) in [5.41, 5.74) is 0.414. The van der Waals surface area contributed by atoms with E-state index in [1.54, 1.807) is 6.92 Å². The summed E-state index contributed by atoms with van der Waals surface area (Å²) in [5.74, 6) is -0.919. The lowest BCUT2D eigenvalue weighted by Gasteiger charge is -2.19. The lowest BCUT2D eigenvalue weighted by Crippen LogP contribution is -2.28. The fraction of sp³-hybridized carbons (Fsp3) is 0.286. The van der Waals surface area contributed by atoms with Gasteiger partial charge in [0.05, 0.1) is 15.5 Å². The Kier molecular flexibility index (Phi) is 5.33. The number of aromatic nitrogens is 1. The highest BCUT2D eigenvalue weighted by Gasteiger charge is 2.29. The van der Waals surface area contributed by atoms with E-state index in [1.165, 1.54) is 18.3 Å². The van der Waals surface area contributed by atoms with Gasteiger partial charge in [-0.3, -0.25) is 14.2 Å². The van der Waals surface area contributed by atoms with Crippen LogP contribution in [0.25, 0.3) is 10.1 Å². The summed E-state index contributed by atoms with van der Waals surface area (Å²) in [6.45, 7) is 7.06. The van der Waals surface area contributed by atoms with Crippen LogP contribution in [-0.4, -0.2) is 15.5 Å². The van der Waals surface area contributed by atoms with Crippen LogP contribution in [0.15, 0.2) is 23.0 Å². The summed E-state index contributed by atoms with van der Waals surface area (Å²) in [6, 6.07) is 7.22. The molecule has 1 atom stereocenters. The number of halogens is 1. The number of hydrogen-bond donors (Lipinski definition) is 1. The Morgan fingerprint density at radius 3 is 2.68 bits per heavy atom. The summed E-state index contributed by atoms with van der Waals surface area (Å²) < 4.78 is 1.98. The maximum Gasteiger partial charge on any atom is 0.271 e. The first-order valence-electron chi connectivity index (χ1n) is 8.84. The molecule has 0 saturated carbocycles. The van der Waals surface area contributed by atoms with E-state index in [9.17, 15) is 20.0 Å². The first-order chi connectivity index (χ1) is 13.2. The van der Waals surface area contributed by atoms with Crippen LogP contribution in [0.3, 0.4) is 0 Å². The minimum absolute atomic E-state index is 0.0540. The highest BCUT2D eigenvalue weighted by Crippen LogP contribution is 2.39. The third kappa shape index (κ3) is 3.01. The molecule has 0 bridgehead atoms. The molecule has 1 N–H and O–H groups in total. The number of ketones is 1. The number of aromatic hydroxyl groups is 1. The Bertz CT molecular complexity index is 1220. The Morgan fingerprint density at radius 1 is 1.39 bits per heavy atom. The average Bonchev–Trinajstić information content (AvgIpc) is 2.97.